The smallest absolute Gasteiger partial charge is 0.233 e. The van der Waals surface area contributed by atoms with E-state index in [-0.39, 0.29) is 29.2 Å². The van der Waals surface area contributed by atoms with Crippen molar-refractivity contribution >= 4 is 27.5 Å². The van der Waals surface area contributed by atoms with Gasteiger partial charge in [0.25, 0.3) is 0 Å². The van der Waals surface area contributed by atoms with E-state index >= 15 is 0 Å². The number of carbonyl (C=O) groups excluding carboxylic acids is 1. The highest BCUT2D eigenvalue weighted by atomic mass is 32.2. The fourth-order valence-corrected chi connectivity index (χ4v) is 6.43. The lowest BCUT2D eigenvalue weighted by Crippen LogP contribution is -2.42. The fourth-order valence-electron chi connectivity index (χ4n) is 3.99. The Bertz CT molecular complexity index is 729. The van der Waals surface area contributed by atoms with Gasteiger partial charge in [-0.05, 0) is 18.8 Å². The number of amides is 1. The molecular weight excluding hydrogens is 384 g/mol. The molecule has 2 aliphatic rings. The lowest BCUT2D eigenvalue weighted by atomic mass is 10.0. The minimum atomic E-state index is -3.00. The number of carbonyl (C=O) groups is 1. The number of thioether (sulfide) groups is 1. The summed E-state index contributed by atoms with van der Waals surface area (Å²) in [5.41, 5.74) is 0. The molecule has 0 bridgehead atoms. The Hall–Kier alpha value is -1.09. The van der Waals surface area contributed by atoms with Crippen molar-refractivity contribution in [2.45, 2.75) is 69.5 Å². The van der Waals surface area contributed by atoms with Crippen molar-refractivity contribution in [1.82, 2.24) is 20.1 Å². The summed E-state index contributed by atoms with van der Waals surface area (Å²) in [4.78, 5) is 19.0. The third kappa shape index (κ3) is 5.94. The van der Waals surface area contributed by atoms with Crippen molar-refractivity contribution in [2.24, 2.45) is 5.92 Å². The van der Waals surface area contributed by atoms with Crippen LogP contribution in [-0.2, 0) is 21.1 Å². The molecule has 1 atom stereocenters. The molecule has 1 amide bonds. The van der Waals surface area contributed by atoms with Gasteiger partial charge in [0, 0.05) is 19.0 Å². The Morgan fingerprint density at radius 1 is 1.30 bits per heavy atom. The van der Waals surface area contributed by atoms with Crippen molar-refractivity contribution in [3.63, 3.8) is 0 Å². The van der Waals surface area contributed by atoms with Crippen molar-refractivity contribution in [2.75, 3.05) is 23.8 Å². The van der Waals surface area contributed by atoms with Gasteiger partial charge in [-0.25, -0.2) is 13.4 Å². The Morgan fingerprint density at radius 3 is 2.74 bits per heavy atom. The van der Waals surface area contributed by atoms with E-state index in [1.54, 1.807) is 4.90 Å². The molecule has 27 heavy (non-hydrogen) atoms. The maximum absolute atomic E-state index is 12.8. The van der Waals surface area contributed by atoms with Crippen LogP contribution in [0.3, 0.4) is 0 Å². The first-order valence-corrected chi connectivity index (χ1v) is 12.8. The lowest BCUT2D eigenvalue weighted by molar-refractivity contribution is -0.130. The van der Waals surface area contributed by atoms with Gasteiger partial charge in [-0.3, -0.25) is 9.89 Å². The highest BCUT2D eigenvalue weighted by Crippen LogP contribution is 2.27. The van der Waals surface area contributed by atoms with Crippen LogP contribution in [0.1, 0.15) is 57.7 Å². The van der Waals surface area contributed by atoms with E-state index in [2.05, 4.69) is 22.1 Å². The topological polar surface area (TPSA) is 96.0 Å². The van der Waals surface area contributed by atoms with Gasteiger partial charge in [0.05, 0.1) is 17.3 Å². The molecule has 152 valence electrons. The van der Waals surface area contributed by atoms with Crippen molar-refractivity contribution in [1.29, 1.82) is 0 Å². The molecule has 2 fully saturated rings. The number of rotatable bonds is 9. The average molecular weight is 415 g/mol. The summed E-state index contributed by atoms with van der Waals surface area (Å²) >= 11 is 1.33. The van der Waals surface area contributed by atoms with Crippen LogP contribution in [0.4, 0.5) is 0 Å². The molecule has 2 heterocycles. The molecule has 1 aliphatic carbocycles. The van der Waals surface area contributed by atoms with E-state index < -0.39 is 9.84 Å². The normalized spacial score (nSPS) is 22.3. The summed E-state index contributed by atoms with van der Waals surface area (Å²) in [7, 11) is -3.00. The molecule has 1 unspecified atom stereocenters. The van der Waals surface area contributed by atoms with E-state index in [0.717, 1.165) is 25.1 Å². The summed E-state index contributed by atoms with van der Waals surface area (Å²) in [6, 6.07) is -0.181. The van der Waals surface area contributed by atoms with Crippen molar-refractivity contribution in [3.05, 3.63) is 5.82 Å². The monoisotopic (exact) mass is 414 g/mol. The van der Waals surface area contributed by atoms with E-state index in [1.165, 1.54) is 37.4 Å². The number of H-pyrrole nitrogens is 1. The SMILES string of the molecule is CCCCN(C(=O)CSc1n[nH]c(CC2CCCC2)n1)C1CCS(=O)(=O)C1. The summed E-state index contributed by atoms with van der Waals surface area (Å²) < 4.78 is 23.6. The molecule has 1 N–H and O–H groups in total. The Morgan fingerprint density at radius 2 is 2.07 bits per heavy atom. The second-order valence-electron chi connectivity index (χ2n) is 7.71. The van der Waals surface area contributed by atoms with E-state index in [4.69, 9.17) is 0 Å². The van der Waals surface area contributed by atoms with Gasteiger partial charge in [0.15, 0.2) is 9.84 Å². The lowest BCUT2D eigenvalue weighted by Gasteiger charge is -2.28. The molecule has 0 radical (unpaired) electrons. The van der Waals surface area contributed by atoms with E-state index in [1.807, 2.05) is 0 Å². The zero-order valence-corrected chi connectivity index (χ0v) is 17.7. The number of sulfone groups is 1. The van der Waals surface area contributed by atoms with Gasteiger partial charge in [0.1, 0.15) is 5.82 Å². The molecule has 3 rings (SSSR count). The molecule has 1 aliphatic heterocycles. The minimum Gasteiger partial charge on any atom is -0.338 e. The summed E-state index contributed by atoms with van der Waals surface area (Å²) in [6.45, 7) is 2.69. The second-order valence-corrected chi connectivity index (χ2v) is 10.9. The molecule has 1 saturated carbocycles. The number of aromatic amines is 1. The quantitative estimate of drug-likeness (QED) is 0.624. The highest BCUT2D eigenvalue weighted by molar-refractivity contribution is 7.99. The highest BCUT2D eigenvalue weighted by Gasteiger charge is 2.34. The summed E-state index contributed by atoms with van der Waals surface area (Å²) in [5.74, 6) is 2.12. The third-order valence-electron chi connectivity index (χ3n) is 5.51. The number of nitrogens with one attached hydrogen (secondary N) is 1. The van der Waals surface area contributed by atoms with Gasteiger partial charge in [-0.2, -0.15) is 0 Å². The Kier molecular flexibility index (Phi) is 7.19. The Labute approximate surface area is 166 Å². The first-order chi connectivity index (χ1) is 13.0. The van der Waals surface area contributed by atoms with Gasteiger partial charge in [-0.1, -0.05) is 50.8 Å². The minimum absolute atomic E-state index is 0.0160. The summed E-state index contributed by atoms with van der Waals surface area (Å²) in [6.07, 6.45) is 8.48. The Balaban J connectivity index is 1.53. The zero-order valence-electron chi connectivity index (χ0n) is 16.0. The van der Waals surface area contributed by atoms with Crippen LogP contribution in [0.25, 0.3) is 0 Å². The van der Waals surface area contributed by atoms with Crippen molar-refractivity contribution in [3.8, 4) is 0 Å². The molecule has 1 aromatic heterocycles. The van der Waals surface area contributed by atoms with Crippen LogP contribution < -0.4 is 0 Å². The standard InChI is InChI=1S/C18H30N4O3S2/c1-2-3-9-22(15-8-10-27(24,25)13-15)17(23)12-26-18-19-16(20-21-18)11-14-6-4-5-7-14/h14-15H,2-13H2,1H3,(H,19,20,21). The van der Waals surface area contributed by atoms with Gasteiger partial charge >= 0.3 is 0 Å². The molecular formula is C18H30N4O3S2. The number of hydrogen-bond donors (Lipinski definition) is 1. The second kappa shape index (κ2) is 9.41. The number of aromatic nitrogens is 3. The van der Waals surface area contributed by atoms with Crippen molar-refractivity contribution < 1.29 is 13.2 Å². The average Bonchev–Trinajstić information content (AvgIpc) is 3.36. The predicted octanol–water partition coefficient (Wildman–Crippen LogP) is 2.45. The molecule has 0 spiro atoms. The van der Waals surface area contributed by atoms with E-state index in [0.29, 0.717) is 24.0 Å². The maximum atomic E-state index is 12.8. The van der Waals surface area contributed by atoms with Crippen LogP contribution in [0.15, 0.2) is 5.16 Å². The first-order valence-electron chi connectivity index (χ1n) is 10.0. The van der Waals surface area contributed by atoms with Crippen LogP contribution in [0.5, 0.6) is 0 Å². The molecule has 1 saturated heterocycles. The third-order valence-corrected chi connectivity index (χ3v) is 8.10. The number of nitrogens with zero attached hydrogens (tertiary/aromatic N) is 3. The largest absolute Gasteiger partial charge is 0.338 e. The maximum Gasteiger partial charge on any atom is 0.233 e. The van der Waals surface area contributed by atoms with Crippen LogP contribution in [0, 0.1) is 5.92 Å². The summed E-state index contributed by atoms with van der Waals surface area (Å²) in [5, 5.41) is 7.83. The fraction of sp³-hybridized carbons (Fsp3) is 0.833. The molecule has 1 aromatic rings. The number of hydrogen-bond acceptors (Lipinski definition) is 6. The van der Waals surface area contributed by atoms with Gasteiger partial charge in [-0.15, -0.1) is 5.10 Å². The van der Waals surface area contributed by atoms with E-state index in [9.17, 15) is 13.2 Å². The van der Waals surface area contributed by atoms with Gasteiger partial charge < -0.3 is 4.90 Å². The first kappa shape index (κ1) is 20.6. The van der Waals surface area contributed by atoms with Crippen LogP contribution in [-0.4, -0.2) is 64.3 Å². The van der Waals surface area contributed by atoms with Crippen LogP contribution in [0.2, 0.25) is 0 Å². The van der Waals surface area contributed by atoms with Gasteiger partial charge in [0.2, 0.25) is 11.1 Å². The zero-order chi connectivity index (χ0) is 19.3. The number of unbranched alkanes of at least 4 members (excludes halogenated alkanes) is 1. The molecule has 7 nitrogen and oxygen atoms in total. The predicted molar refractivity (Wildman–Crippen MR) is 106 cm³/mol. The molecule has 9 heteroatoms. The van der Waals surface area contributed by atoms with Crippen LogP contribution >= 0.6 is 11.8 Å². The molecule has 0 aromatic carbocycles.